The minimum atomic E-state index is 0.694. The molecule has 4 nitrogen and oxygen atoms in total. The Hall–Kier alpha value is -3.14. The fourth-order valence-corrected chi connectivity index (χ4v) is 2.81. The van der Waals surface area contributed by atoms with E-state index in [0.29, 0.717) is 5.69 Å². The maximum Gasteiger partial charge on any atom is 0.143 e. The van der Waals surface area contributed by atoms with Gasteiger partial charge < -0.3 is 10.3 Å². The van der Waals surface area contributed by atoms with Gasteiger partial charge in [0, 0.05) is 24.5 Å². The molecule has 0 atom stereocenters. The molecule has 112 valence electrons. The van der Waals surface area contributed by atoms with Gasteiger partial charge in [0.25, 0.3) is 0 Å². The predicted octanol–water partition coefficient (Wildman–Crippen LogP) is 3.73. The molecule has 2 heterocycles. The number of anilines is 1. The van der Waals surface area contributed by atoms with Crippen molar-refractivity contribution in [2.45, 2.75) is 6.54 Å². The molecule has 0 aliphatic carbocycles. The zero-order valence-corrected chi connectivity index (χ0v) is 12.6. The Morgan fingerprint density at radius 2 is 1.78 bits per heavy atom. The van der Waals surface area contributed by atoms with Crippen LogP contribution in [-0.4, -0.2) is 14.5 Å². The van der Waals surface area contributed by atoms with Gasteiger partial charge >= 0.3 is 0 Å². The quantitative estimate of drug-likeness (QED) is 0.587. The van der Waals surface area contributed by atoms with Crippen LogP contribution in [0.1, 0.15) is 5.56 Å². The van der Waals surface area contributed by atoms with Crippen LogP contribution in [0.15, 0.2) is 73.1 Å². The number of benzene rings is 2. The maximum atomic E-state index is 6.12. The van der Waals surface area contributed by atoms with Crippen LogP contribution in [0.3, 0.4) is 0 Å². The molecule has 2 aromatic carbocycles. The van der Waals surface area contributed by atoms with E-state index in [4.69, 9.17) is 10.7 Å². The molecule has 0 bridgehead atoms. The highest BCUT2D eigenvalue weighted by atomic mass is 15.1. The van der Waals surface area contributed by atoms with Crippen LogP contribution in [0.5, 0.6) is 0 Å². The van der Waals surface area contributed by atoms with E-state index in [1.165, 1.54) is 5.56 Å². The molecule has 23 heavy (non-hydrogen) atoms. The van der Waals surface area contributed by atoms with Crippen molar-refractivity contribution in [3.63, 3.8) is 0 Å². The third kappa shape index (κ3) is 2.44. The zero-order valence-electron chi connectivity index (χ0n) is 12.6. The van der Waals surface area contributed by atoms with Crippen LogP contribution in [0.4, 0.5) is 5.69 Å². The first-order chi connectivity index (χ1) is 11.3. The lowest BCUT2D eigenvalue weighted by Gasteiger charge is -2.09. The van der Waals surface area contributed by atoms with E-state index in [0.717, 1.165) is 29.0 Å². The first-order valence-corrected chi connectivity index (χ1v) is 7.52. The molecule has 2 aromatic heterocycles. The van der Waals surface area contributed by atoms with E-state index in [-0.39, 0.29) is 0 Å². The van der Waals surface area contributed by atoms with Gasteiger partial charge in [-0.05, 0) is 29.8 Å². The largest absolute Gasteiger partial charge is 0.397 e. The van der Waals surface area contributed by atoms with Crippen molar-refractivity contribution in [1.29, 1.82) is 0 Å². The van der Waals surface area contributed by atoms with Crippen LogP contribution < -0.4 is 5.73 Å². The number of pyridine rings is 1. The van der Waals surface area contributed by atoms with E-state index in [1.807, 2.05) is 48.7 Å². The summed E-state index contributed by atoms with van der Waals surface area (Å²) < 4.78 is 2.19. The summed E-state index contributed by atoms with van der Waals surface area (Å²) in [5, 5.41) is 0. The summed E-state index contributed by atoms with van der Waals surface area (Å²) in [6.07, 6.45) is 3.60. The van der Waals surface area contributed by atoms with Crippen LogP contribution in [0.25, 0.3) is 22.4 Å². The summed E-state index contributed by atoms with van der Waals surface area (Å²) in [6.45, 7) is 0.741. The lowest BCUT2D eigenvalue weighted by atomic mass is 10.2. The smallest absolute Gasteiger partial charge is 0.143 e. The van der Waals surface area contributed by atoms with Gasteiger partial charge in [-0.2, -0.15) is 0 Å². The van der Waals surface area contributed by atoms with Gasteiger partial charge in [-0.3, -0.25) is 4.98 Å². The Morgan fingerprint density at radius 1 is 0.913 bits per heavy atom. The number of rotatable bonds is 3. The summed E-state index contributed by atoms with van der Waals surface area (Å²) in [5.74, 6) is 0.884. The molecule has 0 unspecified atom stereocenters. The molecular formula is C19H16N4. The second kappa shape index (κ2) is 5.57. The maximum absolute atomic E-state index is 6.12. The lowest BCUT2D eigenvalue weighted by molar-refractivity contribution is 0.834. The third-order valence-corrected chi connectivity index (χ3v) is 3.91. The first kappa shape index (κ1) is 13.5. The molecular weight excluding hydrogens is 284 g/mol. The van der Waals surface area contributed by atoms with Crippen molar-refractivity contribution in [3.05, 3.63) is 78.6 Å². The van der Waals surface area contributed by atoms with E-state index in [2.05, 4.69) is 27.8 Å². The van der Waals surface area contributed by atoms with Crippen molar-refractivity contribution >= 4 is 16.7 Å². The minimum Gasteiger partial charge on any atom is -0.397 e. The van der Waals surface area contributed by atoms with E-state index >= 15 is 0 Å². The topological polar surface area (TPSA) is 56.7 Å². The Morgan fingerprint density at radius 3 is 2.57 bits per heavy atom. The molecule has 2 N–H and O–H groups in total. The van der Waals surface area contributed by atoms with Gasteiger partial charge in [0.15, 0.2) is 0 Å². The van der Waals surface area contributed by atoms with Crippen molar-refractivity contribution in [1.82, 2.24) is 14.5 Å². The lowest BCUT2D eigenvalue weighted by Crippen LogP contribution is -2.02. The van der Waals surface area contributed by atoms with Gasteiger partial charge in [-0.15, -0.1) is 0 Å². The number of fused-ring (bicyclic) bond motifs is 1. The highest BCUT2D eigenvalue weighted by Crippen LogP contribution is 2.28. The summed E-state index contributed by atoms with van der Waals surface area (Å²) >= 11 is 0. The van der Waals surface area contributed by atoms with Crippen LogP contribution >= 0.6 is 0 Å². The molecule has 4 heteroatoms. The van der Waals surface area contributed by atoms with E-state index < -0.39 is 0 Å². The second-order valence-corrected chi connectivity index (χ2v) is 5.46. The molecule has 0 amide bonds. The number of hydrogen-bond acceptors (Lipinski definition) is 3. The average molecular weight is 300 g/mol. The summed E-state index contributed by atoms with van der Waals surface area (Å²) in [6, 6.07) is 20.2. The third-order valence-electron chi connectivity index (χ3n) is 3.91. The first-order valence-electron chi connectivity index (χ1n) is 7.52. The number of nitrogens with zero attached hydrogens (tertiary/aromatic N) is 3. The van der Waals surface area contributed by atoms with Crippen molar-refractivity contribution in [2.75, 3.05) is 5.73 Å². The van der Waals surface area contributed by atoms with Crippen molar-refractivity contribution < 1.29 is 0 Å². The van der Waals surface area contributed by atoms with E-state index in [9.17, 15) is 0 Å². The van der Waals surface area contributed by atoms with Gasteiger partial charge in [0.05, 0.1) is 11.2 Å². The second-order valence-electron chi connectivity index (χ2n) is 5.46. The minimum absolute atomic E-state index is 0.694. The van der Waals surface area contributed by atoms with Crippen LogP contribution in [0, 0.1) is 0 Å². The number of para-hydroxylation sites is 1. The van der Waals surface area contributed by atoms with Gasteiger partial charge in [0.2, 0.25) is 0 Å². The Kier molecular flexibility index (Phi) is 3.27. The Bertz CT molecular complexity index is 943. The Balaban J connectivity index is 1.94. The molecule has 4 rings (SSSR count). The normalized spacial score (nSPS) is 11.0. The highest BCUT2D eigenvalue weighted by molar-refractivity contribution is 5.90. The number of nitrogens with two attached hydrogens (primary N) is 1. The molecule has 0 aliphatic rings. The standard InChI is InChI=1S/C19H16N4/c20-16-9-4-10-17-18(16)22-19(15-8-5-11-21-12-15)23(17)13-14-6-2-1-3-7-14/h1-12H,13,20H2. The van der Waals surface area contributed by atoms with E-state index in [1.54, 1.807) is 6.20 Å². The average Bonchev–Trinajstić information content (AvgIpc) is 2.97. The van der Waals surface area contributed by atoms with Crippen LogP contribution in [-0.2, 0) is 6.54 Å². The van der Waals surface area contributed by atoms with Crippen molar-refractivity contribution in [3.8, 4) is 11.4 Å². The summed E-state index contributed by atoms with van der Waals surface area (Å²) in [4.78, 5) is 8.99. The number of hydrogen-bond donors (Lipinski definition) is 1. The van der Waals surface area contributed by atoms with Gasteiger partial charge in [-0.1, -0.05) is 36.4 Å². The number of nitrogen functional groups attached to an aromatic ring is 1. The molecule has 0 saturated carbocycles. The van der Waals surface area contributed by atoms with Crippen LogP contribution in [0.2, 0.25) is 0 Å². The summed E-state index contributed by atoms with van der Waals surface area (Å²) in [5.41, 5.74) is 10.9. The molecule has 0 spiro atoms. The highest BCUT2D eigenvalue weighted by Gasteiger charge is 2.14. The fourth-order valence-electron chi connectivity index (χ4n) is 2.81. The molecule has 0 saturated heterocycles. The fraction of sp³-hybridized carbons (Fsp3) is 0.0526. The van der Waals surface area contributed by atoms with Gasteiger partial charge in [-0.25, -0.2) is 4.98 Å². The van der Waals surface area contributed by atoms with Crippen molar-refractivity contribution in [2.24, 2.45) is 0 Å². The number of aromatic nitrogens is 3. The molecule has 0 radical (unpaired) electrons. The summed E-state index contributed by atoms with van der Waals surface area (Å²) in [7, 11) is 0. The number of imidazole rings is 1. The molecule has 0 fully saturated rings. The monoisotopic (exact) mass is 300 g/mol. The predicted molar refractivity (Wildman–Crippen MR) is 92.9 cm³/mol. The molecule has 0 aliphatic heterocycles. The zero-order chi connectivity index (χ0) is 15.6. The van der Waals surface area contributed by atoms with Gasteiger partial charge in [0.1, 0.15) is 11.3 Å². The Labute approximate surface area is 134 Å². The SMILES string of the molecule is Nc1cccc2c1nc(-c1cccnc1)n2Cc1ccccc1. The molecule has 4 aromatic rings.